The Morgan fingerprint density at radius 1 is 1.44 bits per heavy atom. The van der Waals surface area contributed by atoms with E-state index in [1.165, 1.54) is 4.90 Å². The van der Waals surface area contributed by atoms with E-state index in [-0.39, 0.29) is 30.3 Å². The fourth-order valence-corrected chi connectivity index (χ4v) is 2.29. The van der Waals surface area contributed by atoms with Gasteiger partial charge in [0.1, 0.15) is 0 Å². The molecule has 1 fully saturated rings. The highest BCUT2D eigenvalue weighted by molar-refractivity contribution is 6.09. The molecule has 0 unspecified atom stereocenters. The van der Waals surface area contributed by atoms with Gasteiger partial charge in [0.2, 0.25) is 11.8 Å². The Balaban J connectivity index is 2.08. The predicted octanol–water partition coefficient (Wildman–Crippen LogP) is -0.0667. The predicted molar refractivity (Wildman–Crippen MR) is 56.9 cm³/mol. The molecule has 1 N–H and O–H groups in total. The summed E-state index contributed by atoms with van der Waals surface area (Å²) in [6.07, 6.45) is 7.77. The number of nitrogens with zero attached hydrogens (tertiary/aromatic N) is 1. The van der Waals surface area contributed by atoms with Gasteiger partial charge in [-0.25, -0.2) is 0 Å². The fraction of sp³-hybridized carbons (Fsp3) is 0.500. The lowest BCUT2D eigenvalue weighted by molar-refractivity contribution is -0.139. The molecule has 4 nitrogen and oxygen atoms in total. The molecule has 0 aromatic carbocycles. The Kier molecular flexibility index (Phi) is 2.80. The van der Waals surface area contributed by atoms with Crippen molar-refractivity contribution >= 4 is 11.8 Å². The van der Waals surface area contributed by atoms with Gasteiger partial charge in [-0.3, -0.25) is 14.5 Å². The molecular formula is C12H13NO3. The van der Waals surface area contributed by atoms with Crippen LogP contribution in [0.2, 0.25) is 0 Å². The van der Waals surface area contributed by atoms with Gasteiger partial charge in [-0.1, -0.05) is 11.6 Å². The monoisotopic (exact) mass is 219 g/mol. The van der Waals surface area contributed by atoms with Gasteiger partial charge in [0.05, 0.1) is 11.8 Å². The van der Waals surface area contributed by atoms with Gasteiger partial charge >= 0.3 is 0 Å². The maximum Gasteiger partial charge on any atom is 0.237 e. The lowest BCUT2D eigenvalue weighted by Crippen LogP contribution is -2.31. The van der Waals surface area contributed by atoms with Crippen molar-refractivity contribution in [3.05, 3.63) is 11.6 Å². The zero-order valence-electron chi connectivity index (χ0n) is 8.85. The van der Waals surface area contributed by atoms with Crippen LogP contribution in [0, 0.1) is 24.2 Å². The van der Waals surface area contributed by atoms with Crippen molar-refractivity contribution in [3.63, 3.8) is 0 Å². The van der Waals surface area contributed by atoms with Gasteiger partial charge in [0.15, 0.2) is 0 Å². The average Bonchev–Trinajstić information content (AvgIpc) is 2.40. The van der Waals surface area contributed by atoms with Crippen molar-refractivity contribution < 1.29 is 14.7 Å². The highest BCUT2D eigenvalue weighted by Gasteiger charge is 2.52. The maximum absolute atomic E-state index is 11.9. The van der Waals surface area contributed by atoms with Crippen molar-refractivity contribution in [2.75, 3.05) is 13.2 Å². The second-order valence-corrected chi connectivity index (χ2v) is 4.00. The summed E-state index contributed by atoms with van der Waals surface area (Å²) in [5.74, 6) is 1.50. The van der Waals surface area contributed by atoms with Crippen LogP contribution in [0.15, 0.2) is 11.6 Å². The molecule has 2 atom stereocenters. The van der Waals surface area contributed by atoms with E-state index in [9.17, 15) is 9.59 Å². The average molecular weight is 219 g/mol. The summed E-state index contributed by atoms with van der Waals surface area (Å²) in [5.41, 5.74) is 0.883. The first-order chi connectivity index (χ1) is 7.70. The van der Waals surface area contributed by atoms with Crippen LogP contribution in [-0.4, -0.2) is 35.0 Å². The van der Waals surface area contributed by atoms with Crippen LogP contribution in [0.5, 0.6) is 0 Å². The summed E-state index contributed by atoms with van der Waals surface area (Å²) in [7, 11) is 0. The van der Waals surface area contributed by atoms with E-state index in [4.69, 9.17) is 11.5 Å². The second kappa shape index (κ2) is 4.11. The lowest BCUT2D eigenvalue weighted by Gasteiger charge is -2.25. The zero-order chi connectivity index (χ0) is 11.7. The Bertz CT molecular complexity index is 405. The molecule has 84 valence electrons. The number of likely N-dealkylation sites (tertiary alicyclic amines) is 1. The molecule has 0 radical (unpaired) electrons. The molecule has 2 aliphatic rings. The van der Waals surface area contributed by atoms with Crippen LogP contribution in [0.3, 0.4) is 0 Å². The van der Waals surface area contributed by atoms with E-state index < -0.39 is 0 Å². The number of terminal acetylenes is 1. The van der Waals surface area contributed by atoms with Gasteiger partial charge < -0.3 is 5.11 Å². The Morgan fingerprint density at radius 3 is 2.81 bits per heavy atom. The lowest BCUT2D eigenvalue weighted by atomic mass is 9.75. The first kappa shape index (κ1) is 10.9. The molecule has 1 heterocycles. The minimum atomic E-state index is -0.322. The van der Waals surface area contributed by atoms with Gasteiger partial charge in [0.25, 0.3) is 0 Å². The summed E-state index contributed by atoms with van der Waals surface area (Å²) in [5, 5.41) is 8.80. The number of hydrogen-bond donors (Lipinski definition) is 1. The zero-order valence-corrected chi connectivity index (χ0v) is 8.85. The third kappa shape index (κ3) is 1.44. The van der Waals surface area contributed by atoms with Crippen LogP contribution in [0.4, 0.5) is 0 Å². The van der Waals surface area contributed by atoms with Crippen LogP contribution in [-0.2, 0) is 9.59 Å². The molecule has 0 aromatic rings. The molecule has 0 saturated carbocycles. The minimum absolute atomic E-state index is 0.0148. The van der Waals surface area contributed by atoms with Crippen molar-refractivity contribution in [1.29, 1.82) is 0 Å². The van der Waals surface area contributed by atoms with Crippen molar-refractivity contribution in [1.82, 2.24) is 4.90 Å². The number of amides is 2. The molecule has 4 heteroatoms. The number of rotatable bonds is 4. The summed E-state index contributed by atoms with van der Waals surface area (Å²) in [6.45, 7) is 0.322. The minimum Gasteiger partial charge on any atom is -0.396 e. The topological polar surface area (TPSA) is 57.6 Å². The van der Waals surface area contributed by atoms with Crippen molar-refractivity contribution in [2.24, 2.45) is 11.8 Å². The highest BCUT2D eigenvalue weighted by atomic mass is 16.3. The molecule has 2 rings (SSSR count). The Morgan fingerprint density at radius 2 is 2.19 bits per heavy atom. The van der Waals surface area contributed by atoms with E-state index in [2.05, 4.69) is 5.92 Å². The number of imide groups is 1. The maximum atomic E-state index is 11.9. The van der Waals surface area contributed by atoms with Crippen LogP contribution < -0.4 is 0 Å². The number of fused-ring (bicyclic) bond motifs is 1. The number of hydrogen-bond acceptors (Lipinski definition) is 3. The molecular weight excluding hydrogens is 206 g/mol. The fourth-order valence-electron chi connectivity index (χ4n) is 2.29. The smallest absolute Gasteiger partial charge is 0.237 e. The molecule has 0 aromatic heterocycles. The number of aliphatic hydroxyl groups is 1. The molecule has 2 amide bonds. The quantitative estimate of drug-likeness (QED) is 0.409. The Labute approximate surface area is 93.9 Å². The molecule has 1 aliphatic heterocycles. The van der Waals surface area contributed by atoms with E-state index in [0.29, 0.717) is 19.4 Å². The number of aliphatic hydroxyl groups excluding tert-OH is 1. The highest BCUT2D eigenvalue weighted by Crippen LogP contribution is 2.42. The molecule has 0 spiro atoms. The third-order valence-corrected chi connectivity index (χ3v) is 3.12. The second-order valence-electron chi connectivity index (χ2n) is 4.00. The van der Waals surface area contributed by atoms with Crippen LogP contribution >= 0.6 is 0 Å². The van der Waals surface area contributed by atoms with Gasteiger partial charge in [0, 0.05) is 19.6 Å². The normalized spacial score (nSPS) is 27.2. The number of carbonyl (C=O) groups is 2. The van der Waals surface area contributed by atoms with Crippen molar-refractivity contribution in [2.45, 2.75) is 12.8 Å². The van der Waals surface area contributed by atoms with Crippen LogP contribution in [0.1, 0.15) is 12.8 Å². The van der Waals surface area contributed by atoms with E-state index in [0.717, 1.165) is 5.57 Å². The SMILES string of the molecule is C#CCCN1C(=O)[C@H]2C(CCO)=C[C@H]2C1=O. The van der Waals surface area contributed by atoms with Crippen molar-refractivity contribution in [3.8, 4) is 12.3 Å². The molecule has 1 aliphatic carbocycles. The Hall–Kier alpha value is -1.60. The van der Waals surface area contributed by atoms with Gasteiger partial charge in [-0.05, 0) is 6.42 Å². The van der Waals surface area contributed by atoms with E-state index >= 15 is 0 Å². The summed E-state index contributed by atoms with van der Waals surface area (Å²) in [4.78, 5) is 24.9. The third-order valence-electron chi connectivity index (χ3n) is 3.12. The largest absolute Gasteiger partial charge is 0.396 e. The van der Waals surface area contributed by atoms with Crippen LogP contribution in [0.25, 0.3) is 0 Å². The van der Waals surface area contributed by atoms with Gasteiger partial charge in [-0.15, -0.1) is 12.3 Å². The standard InChI is InChI=1S/C12H13NO3/c1-2-3-5-13-11(15)9-7-8(4-6-14)10(9)12(13)16/h1,7,9-10,14H,3-6H2/t9-,10+/m1/s1. The van der Waals surface area contributed by atoms with E-state index in [1.807, 2.05) is 0 Å². The number of carbonyl (C=O) groups excluding carboxylic acids is 2. The van der Waals surface area contributed by atoms with E-state index in [1.54, 1.807) is 6.08 Å². The first-order valence-corrected chi connectivity index (χ1v) is 5.31. The first-order valence-electron chi connectivity index (χ1n) is 5.31. The summed E-state index contributed by atoms with van der Waals surface area (Å²) < 4.78 is 0. The summed E-state index contributed by atoms with van der Waals surface area (Å²) in [6, 6.07) is 0. The molecule has 1 saturated heterocycles. The van der Waals surface area contributed by atoms with Gasteiger partial charge in [-0.2, -0.15) is 0 Å². The molecule has 0 bridgehead atoms. The summed E-state index contributed by atoms with van der Waals surface area (Å²) >= 11 is 0. The molecule has 16 heavy (non-hydrogen) atoms.